The summed E-state index contributed by atoms with van der Waals surface area (Å²) in [4.78, 5) is 10.4. The van der Waals surface area contributed by atoms with Crippen LogP contribution >= 0.6 is 15.9 Å². The number of aryl methyl sites for hydroxylation is 1. The lowest BCUT2D eigenvalue weighted by Crippen LogP contribution is -1.99. The summed E-state index contributed by atoms with van der Waals surface area (Å²) >= 11 is 3.42. The Hall–Kier alpha value is -2.14. The predicted molar refractivity (Wildman–Crippen MR) is 86.6 cm³/mol. The van der Waals surface area contributed by atoms with Crippen molar-refractivity contribution in [1.29, 1.82) is 0 Å². The number of nitro groups is 1. The maximum atomic E-state index is 10.8. The highest BCUT2D eigenvalue weighted by Gasteiger charge is 2.10. The van der Waals surface area contributed by atoms with Gasteiger partial charge in [-0.25, -0.2) is 0 Å². The molecular weight excluding hydrogens is 332 g/mol. The third kappa shape index (κ3) is 2.69. The van der Waals surface area contributed by atoms with Crippen molar-refractivity contribution in [3.8, 4) is 0 Å². The highest BCUT2D eigenvalue weighted by atomic mass is 79.9. The highest BCUT2D eigenvalue weighted by Crippen LogP contribution is 2.25. The second-order valence-corrected chi connectivity index (χ2v) is 5.89. The molecule has 0 aliphatic heterocycles. The third-order valence-corrected chi connectivity index (χ3v) is 4.26. The third-order valence-electron chi connectivity index (χ3n) is 3.52. The largest absolute Gasteiger partial charge is 0.343 e. The first kappa shape index (κ1) is 13.8. The standard InChI is InChI=1S/C16H13BrN2O2/c1-11-2-3-12-6-7-18(16(12)8-11)10-13-4-5-14(19(20)21)9-15(13)17/h2-9H,10H2,1H3. The second-order valence-electron chi connectivity index (χ2n) is 5.04. The molecule has 5 heteroatoms. The molecule has 0 radical (unpaired) electrons. The fraction of sp³-hybridized carbons (Fsp3) is 0.125. The average Bonchev–Trinajstić information content (AvgIpc) is 2.83. The number of non-ortho nitro benzene ring substituents is 1. The van der Waals surface area contributed by atoms with E-state index in [4.69, 9.17) is 0 Å². The van der Waals surface area contributed by atoms with E-state index in [1.165, 1.54) is 22.5 Å². The zero-order valence-corrected chi connectivity index (χ0v) is 13.0. The summed E-state index contributed by atoms with van der Waals surface area (Å²) < 4.78 is 2.90. The van der Waals surface area contributed by atoms with Crippen LogP contribution in [0.2, 0.25) is 0 Å². The van der Waals surface area contributed by atoms with Crippen molar-refractivity contribution in [3.63, 3.8) is 0 Å². The molecule has 4 nitrogen and oxygen atoms in total. The van der Waals surface area contributed by atoms with Gasteiger partial charge in [-0.05, 0) is 41.6 Å². The number of rotatable bonds is 3. The van der Waals surface area contributed by atoms with Gasteiger partial charge in [-0.3, -0.25) is 10.1 Å². The van der Waals surface area contributed by atoms with E-state index in [1.54, 1.807) is 12.1 Å². The van der Waals surface area contributed by atoms with E-state index in [-0.39, 0.29) is 10.6 Å². The van der Waals surface area contributed by atoms with Crippen LogP contribution in [-0.2, 0) is 6.54 Å². The van der Waals surface area contributed by atoms with Crippen LogP contribution in [-0.4, -0.2) is 9.49 Å². The zero-order valence-electron chi connectivity index (χ0n) is 11.4. The van der Waals surface area contributed by atoms with Gasteiger partial charge in [0.1, 0.15) is 0 Å². The summed E-state index contributed by atoms with van der Waals surface area (Å²) in [6, 6.07) is 13.3. The van der Waals surface area contributed by atoms with E-state index in [2.05, 4.69) is 51.7 Å². The summed E-state index contributed by atoms with van der Waals surface area (Å²) in [5.74, 6) is 0. The van der Waals surface area contributed by atoms with E-state index >= 15 is 0 Å². The molecule has 3 aromatic rings. The zero-order chi connectivity index (χ0) is 15.0. The number of halogens is 1. The summed E-state index contributed by atoms with van der Waals surface area (Å²) in [6.45, 7) is 2.74. The fourth-order valence-electron chi connectivity index (χ4n) is 2.39. The Kier molecular flexibility index (Phi) is 3.51. The Bertz CT molecular complexity index is 839. The Morgan fingerprint density at radius 1 is 1.19 bits per heavy atom. The highest BCUT2D eigenvalue weighted by molar-refractivity contribution is 9.10. The van der Waals surface area contributed by atoms with Gasteiger partial charge in [-0.2, -0.15) is 0 Å². The summed E-state index contributed by atoms with van der Waals surface area (Å²) in [7, 11) is 0. The van der Waals surface area contributed by atoms with Gasteiger partial charge in [0.25, 0.3) is 5.69 Å². The first-order valence-corrected chi connectivity index (χ1v) is 7.32. The van der Waals surface area contributed by atoms with Gasteiger partial charge in [0.05, 0.1) is 4.92 Å². The van der Waals surface area contributed by atoms with Crippen molar-refractivity contribution in [2.45, 2.75) is 13.5 Å². The topological polar surface area (TPSA) is 48.1 Å². The molecule has 21 heavy (non-hydrogen) atoms. The van der Waals surface area contributed by atoms with E-state index in [0.717, 1.165) is 10.0 Å². The number of nitro benzene ring substituents is 1. The molecule has 0 bridgehead atoms. The SMILES string of the molecule is Cc1ccc2ccn(Cc3ccc([N+](=O)[O-])cc3Br)c2c1. The van der Waals surface area contributed by atoms with Gasteiger partial charge in [0, 0.05) is 34.9 Å². The summed E-state index contributed by atoms with van der Waals surface area (Å²) in [5, 5.41) is 12.0. The maximum absolute atomic E-state index is 10.8. The molecule has 2 aromatic carbocycles. The molecule has 1 aromatic heterocycles. The van der Waals surface area contributed by atoms with Gasteiger partial charge in [-0.15, -0.1) is 0 Å². The maximum Gasteiger partial charge on any atom is 0.270 e. The monoisotopic (exact) mass is 344 g/mol. The van der Waals surface area contributed by atoms with Crippen LogP contribution in [0, 0.1) is 17.0 Å². The van der Waals surface area contributed by atoms with Crippen molar-refractivity contribution < 1.29 is 4.92 Å². The average molecular weight is 345 g/mol. The number of benzene rings is 2. The molecule has 0 saturated carbocycles. The Morgan fingerprint density at radius 3 is 2.71 bits per heavy atom. The van der Waals surface area contributed by atoms with E-state index < -0.39 is 0 Å². The van der Waals surface area contributed by atoms with Crippen LogP contribution < -0.4 is 0 Å². The Labute approximate surface area is 130 Å². The van der Waals surface area contributed by atoms with Gasteiger partial charge < -0.3 is 4.57 Å². The van der Waals surface area contributed by atoms with Crippen LogP contribution in [0.1, 0.15) is 11.1 Å². The molecule has 1 heterocycles. The fourth-order valence-corrected chi connectivity index (χ4v) is 2.89. The lowest BCUT2D eigenvalue weighted by atomic mass is 10.2. The van der Waals surface area contributed by atoms with Crippen molar-refractivity contribution >= 4 is 32.5 Å². The van der Waals surface area contributed by atoms with E-state index in [1.807, 2.05) is 6.20 Å². The second kappa shape index (κ2) is 5.33. The number of nitrogens with zero attached hydrogens (tertiary/aromatic N) is 2. The first-order valence-electron chi connectivity index (χ1n) is 6.53. The molecule has 0 amide bonds. The van der Waals surface area contributed by atoms with Crippen molar-refractivity contribution in [2.24, 2.45) is 0 Å². The minimum atomic E-state index is -0.386. The Morgan fingerprint density at radius 2 is 2.00 bits per heavy atom. The molecule has 0 unspecified atom stereocenters. The molecule has 0 aliphatic carbocycles. The van der Waals surface area contributed by atoms with Crippen LogP contribution in [0.3, 0.4) is 0 Å². The molecule has 0 fully saturated rings. The van der Waals surface area contributed by atoms with Crippen LogP contribution in [0.5, 0.6) is 0 Å². The molecule has 106 valence electrons. The van der Waals surface area contributed by atoms with Crippen LogP contribution in [0.25, 0.3) is 10.9 Å². The molecule has 0 spiro atoms. The minimum Gasteiger partial charge on any atom is -0.343 e. The smallest absolute Gasteiger partial charge is 0.270 e. The van der Waals surface area contributed by atoms with Gasteiger partial charge in [0.15, 0.2) is 0 Å². The van der Waals surface area contributed by atoms with Crippen molar-refractivity contribution in [1.82, 2.24) is 4.57 Å². The molecule has 0 aliphatic rings. The Balaban J connectivity index is 1.99. The minimum absolute atomic E-state index is 0.0961. The summed E-state index contributed by atoms with van der Waals surface area (Å²) in [6.07, 6.45) is 2.04. The van der Waals surface area contributed by atoms with Crippen molar-refractivity contribution in [3.05, 3.63) is 74.4 Å². The van der Waals surface area contributed by atoms with Gasteiger partial charge in [-0.1, -0.05) is 28.1 Å². The molecular formula is C16H13BrN2O2. The van der Waals surface area contributed by atoms with Gasteiger partial charge in [0.2, 0.25) is 0 Å². The lowest BCUT2D eigenvalue weighted by Gasteiger charge is -2.08. The van der Waals surface area contributed by atoms with Crippen LogP contribution in [0.4, 0.5) is 5.69 Å². The number of hydrogen-bond acceptors (Lipinski definition) is 2. The normalized spacial score (nSPS) is 11.0. The summed E-state index contributed by atoms with van der Waals surface area (Å²) in [5.41, 5.74) is 3.49. The van der Waals surface area contributed by atoms with E-state index in [0.29, 0.717) is 6.54 Å². The van der Waals surface area contributed by atoms with Gasteiger partial charge >= 0.3 is 0 Å². The van der Waals surface area contributed by atoms with Crippen molar-refractivity contribution in [2.75, 3.05) is 0 Å². The number of aromatic nitrogens is 1. The first-order chi connectivity index (χ1) is 10.0. The number of fused-ring (bicyclic) bond motifs is 1. The molecule has 0 N–H and O–H groups in total. The number of hydrogen-bond donors (Lipinski definition) is 0. The van der Waals surface area contributed by atoms with E-state index in [9.17, 15) is 10.1 Å². The quantitative estimate of drug-likeness (QED) is 0.512. The molecule has 0 atom stereocenters. The molecule has 0 saturated heterocycles. The predicted octanol–water partition coefficient (Wildman–Crippen LogP) is 4.67. The molecule has 3 rings (SSSR count). The van der Waals surface area contributed by atoms with Crippen LogP contribution in [0.15, 0.2) is 53.1 Å². The lowest BCUT2D eigenvalue weighted by molar-refractivity contribution is -0.384.